The van der Waals surface area contributed by atoms with Gasteiger partial charge in [-0.1, -0.05) is 80.8 Å². The van der Waals surface area contributed by atoms with E-state index in [1.165, 1.54) is 56.1 Å². The monoisotopic (exact) mass is 400 g/mol. The lowest BCUT2D eigenvalue weighted by molar-refractivity contribution is 0.348. The first-order valence-electron chi connectivity index (χ1n) is 11.6. The number of aryl methyl sites for hydroxylation is 1. The van der Waals surface area contributed by atoms with Crippen molar-refractivity contribution >= 4 is 12.4 Å². The van der Waals surface area contributed by atoms with Crippen molar-refractivity contribution in [2.45, 2.75) is 70.6 Å². The number of allylic oxidation sites excluding steroid dienone is 1. The molecular weight excluding hydrogens is 364 g/mol. The third-order valence-corrected chi connectivity index (χ3v) is 6.26. The fraction of sp³-hybridized carbons (Fsp3) is 0.429. The molecule has 0 bridgehead atoms. The van der Waals surface area contributed by atoms with E-state index in [-0.39, 0.29) is 0 Å². The molecule has 0 atom stereocenters. The molecule has 0 aliphatic heterocycles. The van der Waals surface area contributed by atoms with Gasteiger partial charge in [-0.25, -0.2) is 0 Å². The Balaban J connectivity index is 1.43. The average Bonchev–Trinajstić information content (AvgIpc) is 2.78. The third kappa shape index (κ3) is 7.40. The van der Waals surface area contributed by atoms with Gasteiger partial charge >= 0.3 is 0 Å². The van der Waals surface area contributed by atoms with Crippen molar-refractivity contribution < 1.29 is 0 Å². The van der Waals surface area contributed by atoms with E-state index < -0.39 is 0 Å². The van der Waals surface area contributed by atoms with Crippen LogP contribution >= 0.6 is 0 Å². The van der Waals surface area contributed by atoms with Crippen LogP contribution in [0.3, 0.4) is 0 Å². The minimum absolute atomic E-state index is 0.736. The number of benzene rings is 2. The zero-order chi connectivity index (χ0) is 21.0. The van der Waals surface area contributed by atoms with Crippen molar-refractivity contribution in [3.8, 4) is 0 Å². The number of hydrogen-bond acceptors (Lipinski definition) is 2. The van der Waals surface area contributed by atoms with E-state index in [1.54, 1.807) is 0 Å². The molecule has 0 spiro atoms. The lowest BCUT2D eigenvalue weighted by Crippen LogP contribution is -2.10. The standard InChI is InChI=1S/C28H36N2/c1-3-4-5-6-7-8-24-11-13-25(14-12-24)21-29-30-22-26-15-19-28(20-16-26)27-17-9-23(2)10-18-27/h3,11-16,19-23,27H,1,4-10,17-18H2,2H3/b29-21+,30-22+. The Labute approximate surface area is 182 Å². The molecule has 0 unspecified atom stereocenters. The van der Waals surface area contributed by atoms with E-state index in [9.17, 15) is 0 Å². The molecule has 2 aromatic rings. The minimum Gasteiger partial charge on any atom is -0.159 e. The summed E-state index contributed by atoms with van der Waals surface area (Å²) in [6.07, 6.45) is 17.1. The molecule has 0 aromatic heterocycles. The summed E-state index contributed by atoms with van der Waals surface area (Å²) in [7, 11) is 0. The molecule has 0 heterocycles. The first-order valence-corrected chi connectivity index (χ1v) is 11.6. The van der Waals surface area contributed by atoms with Crippen molar-refractivity contribution in [2.24, 2.45) is 16.1 Å². The van der Waals surface area contributed by atoms with Crippen molar-refractivity contribution in [1.82, 2.24) is 0 Å². The molecule has 1 aliphatic carbocycles. The second-order valence-electron chi connectivity index (χ2n) is 8.74. The van der Waals surface area contributed by atoms with E-state index >= 15 is 0 Å². The molecule has 1 aliphatic rings. The fourth-order valence-electron chi connectivity index (χ4n) is 4.21. The Morgan fingerprint density at radius 3 is 2.00 bits per heavy atom. The van der Waals surface area contributed by atoms with Crippen molar-refractivity contribution in [2.75, 3.05) is 0 Å². The Morgan fingerprint density at radius 1 is 0.800 bits per heavy atom. The lowest BCUT2D eigenvalue weighted by Gasteiger charge is -2.26. The van der Waals surface area contributed by atoms with Crippen LogP contribution in [0.4, 0.5) is 0 Å². The van der Waals surface area contributed by atoms with E-state index in [0.29, 0.717) is 0 Å². The number of hydrogen-bond donors (Lipinski definition) is 0. The SMILES string of the molecule is C=CCCCCCc1ccc(/C=N/N=C/c2ccc(C3CCC(C)CC3)cc2)cc1. The summed E-state index contributed by atoms with van der Waals surface area (Å²) in [6, 6.07) is 17.5. The van der Waals surface area contributed by atoms with Gasteiger partial charge in [0.2, 0.25) is 0 Å². The summed E-state index contributed by atoms with van der Waals surface area (Å²) >= 11 is 0. The summed E-state index contributed by atoms with van der Waals surface area (Å²) in [5, 5.41) is 8.44. The summed E-state index contributed by atoms with van der Waals surface area (Å²) in [5.74, 6) is 1.63. The first kappa shape index (κ1) is 22.2. The molecule has 30 heavy (non-hydrogen) atoms. The number of nitrogens with zero attached hydrogens (tertiary/aromatic N) is 2. The van der Waals surface area contributed by atoms with Crippen LogP contribution in [0.25, 0.3) is 0 Å². The number of unbranched alkanes of at least 4 members (excludes halogenated alkanes) is 3. The Hall–Kier alpha value is -2.48. The van der Waals surface area contributed by atoms with E-state index in [0.717, 1.165) is 35.8 Å². The van der Waals surface area contributed by atoms with Crippen LogP contribution < -0.4 is 0 Å². The van der Waals surface area contributed by atoms with Crippen molar-refractivity contribution in [3.63, 3.8) is 0 Å². The van der Waals surface area contributed by atoms with Gasteiger partial charge in [-0.15, -0.1) is 6.58 Å². The molecule has 2 nitrogen and oxygen atoms in total. The lowest BCUT2D eigenvalue weighted by atomic mass is 9.79. The molecule has 2 heteroatoms. The highest BCUT2D eigenvalue weighted by atomic mass is 15.2. The van der Waals surface area contributed by atoms with Crippen LogP contribution in [-0.2, 0) is 6.42 Å². The van der Waals surface area contributed by atoms with Crippen LogP contribution in [0.2, 0.25) is 0 Å². The van der Waals surface area contributed by atoms with Crippen LogP contribution in [0, 0.1) is 5.92 Å². The molecule has 0 amide bonds. The molecule has 1 saturated carbocycles. The molecule has 1 fully saturated rings. The molecule has 2 aromatic carbocycles. The molecule has 0 saturated heterocycles. The van der Waals surface area contributed by atoms with E-state index in [1.807, 2.05) is 18.5 Å². The highest BCUT2D eigenvalue weighted by molar-refractivity contribution is 5.82. The van der Waals surface area contributed by atoms with Crippen LogP contribution in [0.1, 0.15) is 86.5 Å². The van der Waals surface area contributed by atoms with Crippen LogP contribution in [0.5, 0.6) is 0 Å². The maximum Gasteiger partial charge on any atom is 0.0568 e. The Bertz CT molecular complexity index is 807. The van der Waals surface area contributed by atoms with E-state index in [4.69, 9.17) is 0 Å². The Morgan fingerprint density at radius 2 is 1.40 bits per heavy atom. The van der Waals surface area contributed by atoms with Crippen molar-refractivity contribution in [1.29, 1.82) is 0 Å². The van der Waals surface area contributed by atoms with Crippen LogP contribution in [0.15, 0.2) is 71.4 Å². The van der Waals surface area contributed by atoms with Crippen LogP contribution in [-0.4, -0.2) is 12.4 Å². The highest BCUT2D eigenvalue weighted by Crippen LogP contribution is 2.35. The highest BCUT2D eigenvalue weighted by Gasteiger charge is 2.19. The fourth-order valence-corrected chi connectivity index (χ4v) is 4.21. The molecule has 158 valence electrons. The quantitative estimate of drug-likeness (QED) is 0.169. The summed E-state index contributed by atoms with van der Waals surface area (Å²) in [5.41, 5.74) is 5.06. The largest absolute Gasteiger partial charge is 0.159 e. The molecule has 3 rings (SSSR count). The summed E-state index contributed by atoms with van der Waals surface area (Å²) in [4.78, 5) is 0. The van der Waals surface area contributed by atoms with Gasteiger partial charge in [0.25, 0.3) is 0 Å². The van der Waals surface area contributed by atoms with Gasteiger partial charge in [-0.05, 0) is 72.6 Å². The summed E-state index contributed by atoms with van der Waals surface area (Å²) < 4.78 is 0. The van der Waals surface area contributed by atoms with Gasteiger partial charge in [-0.3, -0.25) is 0 Å². The van der Waals surface area contributed by atoms with Gasteiger partial charge in [0, 0.05) is 0 Å². The predicted molar refractivity (Wildman–Crippen MR) is 131 cm³/mol. The molecular formula is C28H36N2. The smallest absolute Gasteiger partial charge is 0.0568 e. The predicted octanol–water partition coefficient (Wildman–Crippen LogP) is 7.72. The second kappa shape index (κ2) is 12.3. The summed E-state index contributed by atoms with van der Waals surface area (Å²) in [6.45, 7) is 6.15. The van der Waals surface area contributed by atoms with Gasteiger partial charge in [0.1, 0.15) is 0 Å². The normalized spacial score (nSPS) is 19.5. The number of rotatable bonds is 10. The van der Waals surface area contributed by atoms with Gasteiger partial charge in [0.05, 0.1) is 12.4 Å². The Kier molecular flexibility index (Phi) is 9.08. The van der Waals surface area contributed by atoms with Gasteiger partial charge < -0.3 is 0 Å². The van der Waals surface area contributed by atoms with Gasteiger partial charge in [-0.2, -0.15) is 10.2 Å². The second-order valence-corrected chi connectivity index (χ2v) is 8.74. The molecule has 0 radical (unpaired) electrons. The topological polar surface area (TPSA) is 24.7 Å². The molecule has 0 N–H and O–H groups in total. The van der Waals surface area contributed by atoms with Crippen molar-refractivity contribution in [3.05, 3.63) is 83.4 Å². The van der Waals surface area contributed by atoms with Gasteiger partial charge in [0.15, 0.2) is 0 Å². The minimum atomic E-state index is 0.736. The maximum atomic E-state index is 4.23. The average molecular weight is 401 g/mol. The zero-order valence-corrected chi connectivity index (χ0v) is 18.5. The maximum absolute atomic E-state index is 4.23. The third-order valence-electron chi connectivity index (χ3n) is 6.26. The zero-order valence-electron chi connectivity index (χ0n) is 18.5. The first-order chi connectivity index (χ1) is 14.7. The van der Waals surface area contributed by atoms with E-state index in [2.05, 4.69) is 72.2 Å².